The Morgan fingerprint density at radius 3 is 2.57 bits per heavy atom. The lowest BCUT2D eigenvalue weighted by molar-refractivity contribution is 0.103. The molecule has 0 fully saturated rings. The minimum Gasteiger partial charge on any atom is -0.324 e. The van der Waals surface area contributed by atoms with Crippen molar-refractivity contribution >= 4 is 23.1 Å². The number of hydrogen-bond acceptors (Lipinski definition) is 5. The van der Waals surface area contributed by atoms with Crippen molar-refractivity contribution in [1.82, 2.24) is 19.4 Å². The summed E-state index contributed by atoms with van der Waals surface area (Å²) in [6.07, 6.45) is 5.44. The summed E-state index contributed by atoms with van der Waals surface area (Å²) in [4.78, 5) is 26.1. The molecular weight excluding hydrogens is 374 g/mol. The predicted molar refractivity (Wildman–Crippen MR) is 116 cm³/mol. The van der Waals surface area contributed by atoms with E-state index in [1.165, 1.54) is 0 Å². The van der Waals surface area contributed by atoms with Gasteiger partial charge in [0.1, 0.15) is 5.65 Å². The summed E-state index contributed by atoms with van der Waals surface area (Å²) in [5, 5.41) is 3.20. The van der Waals surface area contributed by atoms with Gasteiger partial charge in [0.25, 0.3) is 0 Å². The Balaban J connectivity index is 1.43. The van der Waals surface area contributed by atoms with Gasteiger partial charge in [0.05, 0.1) is 17.6 Å². The van der Waals surface area contributed by atoms with Crippen molar-refractivity contribution in [1.29, 1.82) is 0 Å². The van der Waals surface area contributed by atoms with Gasteiger partial charge in [-0.3, -0.25) is 9.20 Å². The number of nitrogens with zero attached hydrogens (tertiary/aromatic N) is 4. The molecular formula is C24H17N5O. The topological polar surface area (TPSA) is 72.2 Å². The van der Waals surface area contributed by atoms with Gasteiger partial charge in [-0.2, -0.15) is 0 Å². The first-order chi connectivity index (χ1) is 14.8. The zero-order valence-electron chi connectivity index (χ0n) is 15.9. The molecule has 0 radical (unpaired) electrons. The SMILES string of the molecule is O=C(c1ccccc1)c1cccc(Nc2nccc(-c3cnc4ccccn34)n2)c1. The Morgan fingerprint density at radius 1 is 0.833 bits per heavy atom. The minimum atomic E-state index is -0.0281. The van der Waals surface area contributed by atoms with Crippen molar-refractivity contribution in [3.63, 3.8) is 0 Å². The number of imidazole rings is 1. The van der Waals surface area contributed by atoms with E-state index in [1.54, 1.807) is 24.5 Å². The molecule has 5 rings (SSSR count). The van der Waals surface area contributed by atoms with Crippen molar-refractivity contribution in [2.45, 2.75) is 0 Å². The molecule has 1 N–H and O–H groups in total. The molecule has 0 aliphatic carbocycles. The van der Waals surface area contributed by atoms with Crippen molar-refractivity contribution in [2.24, 2.45) is 0 Å². The van der Waals surface area contributed by atoms with E-state index in [-0.39, 0.29) is 5.78 Å². The van der Waals surface area contributed by atoms with Gasteiger partial charge in [0.2, 0.25) is 5.95 Å². The molecule has 0 bridgehead atoms. The molecule has 6 nitrogen and oxygen atoms in total. The molecule has 0 amide bonds. The molecule has 6 heteroatoms. The second kappa shape index (κ2) is 7.60. The zero-order valence-corrected chi connectivity index (χ0v) is 15.9. The van der Waals surface area contributed by atoms with E-state index in [1.807, 2.05) is 77.3 Å². The van der Waals surface area contributed by atoms with Crippen molar-refractivity contribution in [2.75, 3.05) is 5.32 Å². The van der Waals surface area contributed by atoms with Gasteiger partial charge in [-0.25, -0.2) is 15.0 Å². The molecule has 30 heavy (non-hydrogen) atoms. The van der Waals surface area contributed by atoms with Crippen LogP contribution in [0.25, 0.3) is 17.0 Å². The van der Waals surface area contributed by atoms with Gasteiger partial charge in [0.15, 0.2) is 5.78 Å². The number of rotatable bonds is 5. The number of aromatic nitrogens is 4. The highest BCUT2D eigenvalue weighted by Crippen LogP contribution is 2.22. The second-order valence-corrected chi connectivity index (χ2v) is 6.74. The Hall–Kier alpha value is -4.32. The third-order valence-electron chi connectivity index (χ3n) is 4.75. The number of benzene rings is 2. The summed E-state index contributed by atoms with van der Waals surface area (Å²) in [6, 6.07) is 24.2. The molecule has 0 unspecified atom stereocenters. The van der Waals surface area contributed by atoms with E-state index < -0.39 is 0 Å². The first-order valence-corrected chi connectivity index (χ1v) is 9.50. The third-order valence-corrected chi connectivity index (χ3v) is 4.75. The summed E-state index contributed by atoms with van der Waals surface area (Å²) in [5.41, 5.74) is 4.48. The molecule has 0 aliphatic rings. The quantitative estimate of drug-likeness (QED) is 0.437. The molecule has 3 heterocycles. The number of fused-ring (bicyclic) bond motifs is 1. The molecule has 3 aromatic heterocycles. The van der Waals surface area contributed by atoms with Crippen molar-refractivity contribution < 1.29 is 4.79 Å². The Morgan fingerprint density at radius 2 is 1.67 bits per heavy atom. The van der Waals surface area contributed by atoms with Crippen molar-refractivity contribution in [3.05, 3.63) is 109 Å². The summed E-state index contributed by atoms with van der Waals surface area (Å²) >= 11 is 0. The van der Waals surface area contributed by atoms with Crippen LogP contribution in [0.15, 0.2) is 97.5 Å². The number of ketones is 1. The fourth-order valence-corrected chi connectivity index (χ4v) is 3.31. The largest absolute Gasteiger partial charge is 0.324 e. The monoisotopic (exact) mass is 391 g/mol. The van der Waals surface area contributed by atoms with Crippen LogP contribution in [-0.2, 0) is 0 Å². The van der Waals surface area contributed by atoms with Crippen LogP contribution >= 0.6 is 0 Å². The fourth-order valence-electron chi connectivity index (χ4n) is 3.31. The van der Waals surface area contributed by atoms with Gasteiger partial charge in [-0.05, 0) is 30.3 Å². The number of nitrogens with one attached hydrogen (secondary N) is 1. The van der Waals surface area contributed by atoms with E-state index in [4.69, 9.17) is 0 Å². The van der Waals surface area contributed by atoms with E-state index in [2.05, 4.69) is 20.3 Å². The van der Waals surface area contributed by atoms with Crippen LogP contribution in [0.1, 0.15) is 15.9 Å². The van der Waals surface area contributed by atoms with Crippen LogP contribution < -0.4 is 5.32 Å². The molecule has 0 saturated carbocycles. The number of carbonyl (C=O) groups is 1. The number of pyridine rings is 1. The molecule has 2 aromatic carbocycles. The van der Waals surface area contributed by atoms with Crippen LogP contribution in [0.5, 0.6) is 0 Å². The maximum atomic E-state index is 12.7. The average molecular weight is 391 g/mol. The first-order valence-electron chi connectivity index (χ1n) is 9.50. The van der Waals surface area contributed by atoms with Gasteiger partial charge in [-0.15, -0.1) is 0 Å². The molecule has 144 valence electrons. The van der Waals surface area contributed by atoms with Gasteiger partial charge < -0.3 is 5.32 Å². The molecule has 0 aliphatic heterocycles. The number of anilines is 2. The highest BCUT2D eigenvalue weighted by Gasteiger charge is 2.11. The average Bonchev–Trinajstić information content (AvgIpc) is 3.24. The van der Waals surface area contributed by atoms with Gasteiger partial charge in [0, 0.05) is 29.2 Å². The lowest BCUT2D eigenvalue weighted by Crippen LogP contribution is -2.03. The Labute approximate surface area is 172 Å². The van der Waals surface area contributed by atoms with Crippen LogP contribution in [0.4, 0.5) is 11.6 Å². The maximum absolute atomic E-state index is 12.7. The fraction of sp³-hybridized carbons (Fsp3) is 0. The van der Waals surface area contributed by atoms with E-state index in [0.717, 1.165) is 22.7 Å². The lowest BCUT2D eigenvalue weighted by atomic mass is 10.0. The highest BCUT2D eigenvalue weighted by molar-refractivity contribution is 6.09. The Bertz CT molecular complexity index is 1340. The van der Waals surface area contributed by atoms with E-state index >= 15 is 0 Å². The molecule has 0 spiro atoms. The van der Waals surface area contributed by atoms with Crippen LogP contribution in [0, 0.1) is 0 Å². The summed E-state index contributed by atoms with van der Waals surface area (Å²) < 4.78 is 1.98. The van der Waals surface area contributed by atoms with E-state index in [0.29, 0.717) is 17.1 Å². The first kappa shape index (κ1) is 17.8. The van der Waals surface area contributed by atoms with Gasteiger partial charge >= 0.3 is 0 Å². The Kier molecular flexibility index (Phi) is 4.50. The summed E-state index contributed by atoms with van der Waals surface area (Å²) in [7, 11) is 0. The maximum Gasteiger partial charge on any atom is 0.227 e. The van der Waals surface area contributed by atoms with Crippen molar-refractivity contribution in [3.8, 4) is 11.4 Å². The smallest absolute Gasteiger partial charge is 0.227 e. The zero-order chi connectivity index (χ0) is 20.3. The molecule has 0 atom stereocenters. The van der Waals surface area contributed by atoms with Crippen LogP contribution in [-0.4, -0.2) is 25.1 Å². The normalized spacial score (nSPS) is 10.8. The van der Waals surface area contributed by atoms with E-state index in [9.17, 15) is 4.79 Å². The number of hydrogen-bond donors (Lipinski definition) is 1. The number of carbonyl (C=O) groups excluding carboxylic acids is 1. The van der Waals surface area contributed by atoms with Crippen LogP contribution in [0.2, 0.25) is 0 Å². The molecule has 5 aromatic rings. The summed E-state index contributed by atoms with van der Waals surface area (Å²) in [5.74, 6) is 0.419. The highest BCUT2D eigenvalue weighted by atomic mass is 16.1. The lowest BCUT2D eigenvalue weighted by Gasteiger charge is -2.08. The van der Waals surface area contributed by atoms with Crippen LogP contribution in [0.3, 0.4) is 0 Å². The standard InChI is InChI=1S/C24H17N5O/c30-23(17-7-2-1-3-8-17)18-9-6-10-19(15-18)27-24-25-13-12-20(28-24)21-16-26-22-11-4-5-14-29(21)22/h1-16H,(H,25,27,28). The minimum absolute atomic E-state index is 0.0281. The van der Waals surface area contributed by atoms with Gasteiger partial charge in [-0.1, -0.05) is 48.5 Å². The predicted octanol–water partition coefficient (Wildman–Crippen LogP) is 4.77. The molecule has 0 saturated heterocycles. The third kappa shape index (κ3) is 3.42. The second-order valence-electron chi connectivity index (χ2n) is 6.74. The summed E-state index contributed by atoms with van der Waals surface area (Å²) in [6.45, 7) is 0.